The molecule has 5 nitrogen and oxygen atoms in total. The summed E-state index contributed by atoms with van der Waals surface area (Å²) in [6.45, 7) is 0.00323. The zero-order valence-electron chi connectivity index (χ0n) is 11.0. The van der Waals surface area contributed by atoms with Crippen LogP contribution in [0, 0.1) is 17.5 Å². The molecule has 2 N–H and O–H groups in total. The van der Waals surface area contributed by atoms with E-state index in [-0.39, 0.29) is 18.8 Å². The Kier molecular flexibility index (Phi) is 5.78. The summed E-state index contributed by atoms with van der Waals surface area (Å²) in [4.78, 5) is 12.8. The highest BCUT2D eigenvalue weighted by Gasteiger charge is 2.16. The number of aliphatic hydroxyl groups is 1. The van der Waals surface area contributed by atoms with E-state index in [1.165, 1.54) is 14.2 Å². The van der Waals surface area contributed by atoms with Gasteiger partial charge in [-0.05, 0) is 0 Å². The molecule has 0 saturated carbocycles. The van der Waals surface area contributed by atoms with Gasteiger partial charge < -0.3 is 20.1 Å². The minimum absolute atomic E-state index is 0.0359. The van der Waals surface area contributed by atoms with E-state index >= 15 is 0 Å². The number of rotatable bonds is 5. The van der Waals surface area contributed by atoms with Crippen LogP contribution in [0.1, 0.15) is 0 Å². The van der Waals surface area contributed by atoms with Crippen molar-refractivity contribution in [2.45, 2.75) is 6.10 Å². The fraction of sp³-hybridized carbons (Fsp3) is 0.417. The van der Waals surface area contributed by atoms with Crippen molar-refractivity contribution in [2.24, 2.45) is 0 Å². The molecular formula is C12H15F3N2O3. The lowest BCUT2D eigenvalue weighted by Gasteiger charge is -2.21. The molecule has 20 heavy (non-hydrogen) atoms. The number of amides is 2. The Balaban J connectivity index is 2.66. The number of nitrogens with zero attached hydrogens (tertiary/aromatic N) is 1. The molecule has 8 heteroatoms. The van der Waals surface area contributed by atoms with Crippen molar-refractivity contribution in [3.63, 3.8) is 0 Å². The molecule has 0 aromatic heterocycles. The molecule has 0 saturated heterocycles. The number of nitrogens with one attached hydrogen (secondary N) is 1. The first-order valence-corrected chi connectivity index (χ1v) is 5.68. The van der Waals surface area contributed by atoms with Gasteiger partial charge in [0, 0.05) is 32.0 Å². The van der Waals surface area contributed by atoms with E-state index in [1.54, 1.807) is 0 Å². The van der Waals surface area contributed by atoms with Crippen molar-refractivity contribution in [3.05, 3.63) is 29.6 Å². The molecule has 0 spiro atoms. The summed E-state index contributed by atoms with van der Waals surface area (Å²) in [5, 5.41) is 11.6. The number of likely N-dealkylation sites (N-methyl/N-ethyl adjacent to an activating group) is 1. The van der Waals surface area contributed by atoms with Crippen molar-refractivity contribution in [2.75, 3.05) is 32.6 Å². The molecule has 112 valence electrons. The number of methoxy groups -OCH3 is 1. The van der Waals surface area contributed by atoms with Gasteiger partial charge in [0.15, 0.2) is 17.5 Å². The van der Waals surface area contributed by atoms with Gasteiger partial charge in [0.2, 0.25) is 0 Å². The molecule has 0 aliphatic heterocycles. The van der Waals surface area contributed by atoms with Crippen molar-refractivity contribution in [1.82, 2.24) is 4.90 Å². The third-order valence-corrected chi connectivity index (χ3v) is 2.43. The monoisotopic (exact) mass is 292 g/mol. The van der Waals surface area contributed by atoms with Gasteiger partial charge in [-0.1, -0.05) is 0 Å². The van der Waals surface area contributed by atoms with Crippen LogP contribution in [0.3, 0.4) is 0 Å². The van der Waals surface area contributed by atoms with Crippen LogP contribution < -0.4 is 5.32 Å². The number of hydrogen-bond donors (Lipinski definition) is 2. The molecule has 0 bridgehead atoms. The lowest BCUT2D eigenvalue weighted by molar-refractivity contribution is 0.0501. The molecule has 0 radical (unpaired) electrons. The third-order valence-electron chi connectivity index (χ3n) is 2.43. The molecule has 2 amide bonds. The first-order valence-electron chi connectivity index (χ1n) is 5.68. The largest absolute Gasteiger partial charge is 0.389 e. The van der Waals surface area contributed by atoms with E-state index < -0.39 is 29.6 Å². The normalized spacial score (nSPS) is 12.1. The van der Waals surface area contributed by atoms with Gasteiger partial charge in [-0.2, -0.15) is 0 Å². The summed E-state index contributed by atoms with van der Waals surface area (Å²) < 4.78 is 43.4. The number of hydrogen-bond acceptors (Lipinski definition) is 3. The van der Waals surface area contributed by atoms with Crippen LogP contribution >= 0.6 is 0 Å². The lowest BCUT2D eigenvalue weighted by Crippen LogP contribution is -2.38. The van der Waals surface area contributed by atoms with Crippen LogP contribution in [0.5, 0.6) is 0 Å². The number of urea groups is 1. The van der Waals surface area contributed by atoms with Gasteiger partial charge in [0.1, 0.15) is 0 Å². The first-order chi connectivity index (χ1) is 9.35. The van der Waals surface area contributed by atoms with Gasteiger partial charge >= 0.3 is 6.03 Å². The van der Waals surface area contributed by atoms with E-state index in [0.29, 0.717) is 12.1 Å². The van der Waals surface area contributed by atoms with Gasteiger partial charge in [0.05, 0.1) is 19.3 Å². The standard InChI is InChI=1S/C12H15F3N2O3/c1-17(5-8(18)6-20-2)12(19)16-7-3-9(13)11(15)10(14)4-7/h3-4,8,18H,5-6H2,1-2H3,(H,16,19). The molecule has 1 unspecified atom stereocenters. The van der Waals surface area contributed by atoms with Crippen LogP contribution in [0.25, 0.3) is 0 Å². The second-order valence-electron chi connectivity index (χ2n) is 4.17. The number of aliphatic hydroxyl groups excluding tert-OH is 1. The maximum Gasteiger partial charge on any atom is 0.321 e. The minimum Gasteiger partial charge on any atom is -0.389 e. The fourth-order valence-corrected chi connectivity index (χ4v) is 1.49. The Morgan fingerprint density at radius 1 is 1.40 bits per heavy atom. The summed E-state index contributed by atoms with van der Waals surface area (Å²) in [5.41, 5.74) is -0.223. The zero-order chi connectivity index (χ0) is 15.3. The lowest BCUT2D eigenvalue weighted by atomic mass is 10.3. The van der Waals surface area contributed by atoms with E-state index in [9.17, 15) is 23.1 Å². The fourth-order valence-electron chi connectivity index (χ4n) is 1.49. The Morgan fingerprint density at radius 2 is 1.95 bits per heavy atom. The number of carbonyl (C=O) groups is 1. The minimum atomic E-state index is -1.60. The molecule has 1 aromatic carbocycles. The molecule has 1 rings (SSSR count). The van der Waals surface area contributed by atoms with Gasteiger partial charge in [-0.3, -0.25) is 0 Å². The van der Waals surface area contributed by atoms with Crippen molar-refractivity contribution in [1.29, 1.82) is 0 Å². The van der Waals surface area contributed by atoms with Gasteiger partial charge in [0.25, 0.3) is 0 Å². The molecule has 0 aliphatic rings. The number of carbonyl (C=O) groups excluding carboxylic acids is 1. The van der Waals surface area contributed by atoms with Crippen molar-refractivity contribution >= 4 is 11.7 Å². The highest BCUT2D eigenvalue weighted by molar-refractivity contribution is 5.89. The summed E-state index contributed by atoms with van der Waals surface area (Å²) >= 11 is 0. The quantitative estimate of drug-likeness (QED) is 0.810. The average Bonchev–Trinajstić information content (AvgIpc) is 2.35. The maximum absolute atomic E-state index is 13.0. The second-order valence-corrected chi connectivity index (χ2v) is 4.17. The summed E-state index contributed by atoms with van der Waals surface area (Å²) in [6, 6.07) is 0.622. The maximum atomic E-state index is 13.0. The molecule has 1 aromatic rings. The van der Waals surface area contributed by atoms with Crippen molar-refractivity contribution < 1.29 is 27.8 Å². The van der Waals surface area contributed by atoms with Crippen LogP contribution in [-0.2, 0) is 4.74 Å². The van der Waals surface area contributed by atoms with Crippen molar-refractivity contribution in [3.8, 4) is 0 Å². The predicted octanol–water partition coefficient (Wildman–Crippen LogP) is 1.57. The smallest absolute Gasteiger partial charge is 0.321 e. The number of benzene rings is 1. The molecule has 0 fully saturated rings. The number of halogens is 3. The average molecular weight is 292 g/mol. The van der Waals surface area contributed by atoms with E-state index in [0.717, 1.165) is 4.90 Å². The van der Waals surface area contributed by atoms with Crippen LogP contribution in [0.4, 0.5) is 23.7 Å². The topological polar surface area (TPSA) is 61.8 Å². The highest BCUT2D eigenvalue weighted by Crippen LogP contribution is 2.17. The zero-order valence-corrected chi connectivity index (χ0v) is 11.0. The van der Waals surface area contributed by atoms with E-state index in [4.69, 9.17) is 4.74 Å². The highest BCUT2D eigenvalue weighted by atomic mass is 19.2. The Morgan fingerprint density at radius 3 is 2.45 bits per heavy atom. The summed E-state index contributed by atoms with van der Waals surface area (Å²) in [7, 11) is 2.78. The van der Waals surface area contributed by atoms with Gasteiger partial charge in [-0.15, -0.1) is 0 Å². The molecule has 1 atom stereocenters. The predicted molar refractivity (Wildman–Crippen MR) is 65.8 cm³/mol. The van der Waals surface area contributed by atoms with Crippen LogP contribution in [-0.4, -0.2) is 49.5 Å². The Hall–Kier alpha value is -1.80. The SMILES string of the molecule is COCC(O)CN(C)C(=O)Nc1cc(F)c(F)c(F)c1. The first kappa shape index (κ1) is 16.3. The summed E-state index contributed by atoms with van der Waals surface area (Å²) in [6.07, 6.45) is -0.891. The Bertz CT molecular complexity index is 462. The molecule has 0 heterocycles. The number of ether oxygens (including phenoxy) is 1. The van der Waals surface area contributed by atoms with Crippen LogP contribution in [0.15, 0.2) is 12.1 Å². The molecule has 0 aliphatic carbocycles. The molecular weight excluding hydrogens is 277 g/mol. The number of anilines is 1. The van der Waals surface area contributed by atoms with Crippen LogP contribution in [0.2, 0.25) is 0 Å². The summed E-state index contributed by atoms with van der Waals surface area (Å²) in [5.74, 6) is -4.41. The van der Waals surface area contributed by atoms with Gasteiger partial charge in [-0.25, -0.2) is 18.0 Å². The Labute approximate surface area is 113 Å². The van der Waals surface area contributed by atoms with E-state index in [1.807, 2.05) is 0 Å². The third kappa shape index (κ3) is 4.39. The van der Waals surface area contributed by atoms with E-state index in [2.05, 4.69) is 5.32 Å². The second kappa shape index (κ2) is 7.11.